The summed E-state index contributed by atoms with van der Waals surface area (Å²) in [6.45, 7) is 4.66. The SMILES string of the molecule is CC(=O)N1CCN(c2ccc(CN(C(=O)c3ccc(Cl)cc3)c3ccc(F)cc3)cn2)CC1. The second-order valence-electron chi connectivity index (χ2n) is 7.89. The first-order valence-electron chi connectivity index (χ1n) is 10.7. The molecule has 1 fully saturated rings. The van der Waals surface area contributed by atoms with E-state index < -0.39 is 0 Å². The van der Waals surface area contributed by atoms with Crippen LogP contribution in [0, 0.1) is 5.82 Å². The van der Waals surface area contributed by atoms with E-state index in [2.05, 4.69) is 9.88 Å². The van der Waals surface area contributed by atoms with Crippen LogP contribution in [-0.4, -0.2) is 47.9 Å². The molecule has 3 aromatic rings. The summed E-state index contributed by atoms with van der Waals surface area (Å²) in [5, 5.41) is 0.545. The van der Waals surface area contributed by atoms with E-state index in [0.717, 1.165) is 24.5 Å². The Bertz CT molecular complexity index is 1110. The maximum absolute atomic E-state index is 13.5. The van der Waals surface area contributed by atoms with Crippen molar-refractivity contribution < 1.29 is 14.0 Å². The molecule has 33 heavy (non-hydrogen) atoms. The number of nitrogens with zero attached hydrogens (tertiary/aromatic N) is 4. The number of halogens is 2. The maximum atomic E-state index is 13.5. The smallest absolute Gasteiger partial charge is 0.258 e. The molecule has 170 valence electrons. The number of rotatable bonds is 5. The van der Waals surface area contributed by atoms with Gasteiger partial charge >= 0.3 is 0 Å². The Morgan fingerprint density at radius 2 is 1.64 bits per heavy atom. The first-order valence-corrected chi connectivity index (χ1v) is 11.1. The molecule has 0 bridgehead atoms. The van der Waals surface area contributed by atoms with E-state index in [9.17, 15) is 14.0 Å². The molecule has 0 atom stereocenters. The van der Waals surface area contributed by atoms with Gasteiger partial charge in [0.25, 0.3) is 5.91 Å². The lowest BCUT2D eigenvalue weighted by Gasteiger charge is -2.35. The van der Waals surface area contributed by atoms with Crippen LogP contribution in [0.1, 0.15) is 22.8 Å². The van der Waals surface area contributed by atoms with Gasteiger partial charge in [0.2, 0.25) is 5.91 Å². The van der Waals surface area contributed by atoms with Gasteiger partial charge in [-0.2, -0.15) is 0 Å². The fourth-order valence-electron chi connectivity index (χ4n) is 3.78. The summed E-state index contributed by atoms with van der Waals surface area (Å²) in [4.78, 5) is 34.9. The molecule has 1 saturated heterocycles. The predicted octanol–water partition coefficient (Wildman–Crippen LogP) is 4.39. The topological polar surface area (TPSA) is 56.8 Å². The van der Waals surface area contributed by atoms with Gasteiger partial charge in [0.1, 0.15) is 11.6 Å². The summed E-state index contributed by atoms with van der Waals surface area (Å²) < 4.78 is 13.5. The molecule has 2 aromatic carbocycles. The largest absolute Gasteiger partial charge is 0.353 e. The van der Waals surface area contributed by atoms with Crippen molar-refractivity contribution in [1.29, 1.82) is 0 Å². The van der Waals surface area contributed by atoms with E-state index in [1.807, 2.05) is 17.0 Å². The average molecular weight is 467 g/mol. The number of carbonyl (C=O) groups excluding carboxylic acids is 2. The molecule has 1 aromatic heterocycles. The van der Waals surface area contributed by atoms with Gasteiger partial charge in [-0.1, -0.05) is 17.7 Å². The average Bonchev–Trinajstić information content (AvgIpc) is 2.84. The third-order valence-corrected chi connectivity index (χ3v) is 5.93. The third kappa shape index (κ3) is 5.49. The number of hydrogen-bond acceptors (Lipinski definition) is 4. The second-order valence-corrected chi connectivity index (χ2v) is 8.33. The zero-order valence-electron chi connectivity index (χ0n) is 18.2. The second kappa shape index (κ2) is 10.0. The minimum Gasteiger partial charge on any atom is -0.353 e. The minimum atomic E-state index is -0.367. The predicted molar refractivity (Wildman–Crippen MR) is 127 cm³/mol. The summed E-state index contributed by atoms with van der Waals surface area (Å²) in [6.07, 6.45) is 1.75. The lowest BCUT2D eigenvalue weighted by atomic mass is 10.1. The molecule has 0 unspecified atom stereocenters. The Kier molecular flexibility index (Phi) is 6.89. The van der Waals surface area contributed by atoms with E-state index in [1.54, 1.807) is 54.4 Å². The highest BCUT2D eigenvalue weighted by molar-refractivity contribution is 6.30. The Balaban J connectivity index is 1.52. The van der Waals surface area contributed by atoms with Gasteiger partial charge in [-0.25, -0.2) is 9.37 Å². The number of piperazine rings is 1. The van der Waals surface area contributed by atoms with Crippen molar-refractivity contribution in [3.63, 3.8) is 0 Å². The van der Waals surface area contributed by atoms with Crippen molar-refractivity contribution in [3.8, 4) is 0 Å². The van der Waals surface area contributed by atoms with Crippen LogP contribution in [0.3, 0.4) is 0 Å². The minimum absolute atomic E-state index is 0.0872. The maximum Gasteiger partial charge on any atom is 0.258 e. The molecular weight excluding hydrogens is 443 g/mol. The van der Waals surface area contributed by atoms with E-state index in [4.69, 9.17) is 11.6 Å². The normalized spacial score (nSPS) is 13.7. The van der Waals surface area contributed by atoms with E-state index >= 15 is 0 Å². The molecule has 4 rings (SSSR count). The summed E-state index contributed by atoms with van der Waals surface area (Å²) in [6, 6.07) is 16.4. The fraction of sp³-hybridized carbons (Fsp3) is 0.240. The summed E-state index contributed by atoms with van der Waals surface area (Å²) >= 11 is 5.96. The van der Waals surface area contributed by atoms with Gasteiger partial charge < -0.3 is 14.7 Å². The lowest BCUT2D eigenvalue weighted by molar-refractivity contribution is -0.129. The van der Waals surface area contributed by atoms with Crippen LogP contribution < -0.4 is 9.80 Å². The molecule has 2 heterocycles. The molecule has 6 nitrogen and oxygen atoms in total. The van der Waals surface area contributed by atoms with Gasteiger partial charge in [-0.05, 0) is 60.2 Å². The Labute approximate surface area is 197 Å². The first-order chi connectivity index (χ1) is 15.9. The Hall–Kier alpha value is -3.45. The van der Waals surface area contributed by atoms with Crippen LogP contribution in [0.25, 0.3) is 0 Å². The summed E-state index contributed by atoms with van der Waals surface area (Å²) in [7, 11) is 0. The van der Waals surface area contributed by atoms with Crippen LogP contribution in [0.15, 0.2) is 66.9 Å². The zero-order chi connectivity index (χ0) is 23.4. The fourth-order valence-corrected chi connectivity index (χ4v) is 3.91. The summed E-state index contributed by atoms with van der Waals surface area (Å²) in [5.41, 5.74) is 1.91. The number of benzene rings is 2. The summed E-state index contributed by atoms with van der Waals surface area (Å²) in [5.74, 6) is 0.333. The number of pyridine rings is 1. The van der Waals surface area contributed by atoms with Crippen molar-refractivity contribution in [3.05, 3.63) is 88.8 Å². The highest BCUT2D eigenvalue weighted by atomic mass is 35.5. The molecular formula is C25H24ClFN4O2. The van der Waals surface area contributed by atoms with E-state index in [0.29, 0.717) is 29.4 Å². The van der Waals surface area contributed by atoms with E-state index in [1.165, 1.54) is 12.1 Å². The Morgan fingerprint density at radius 3 is 2.21 bits per heavy atom. The Morgan fingerprint density at radius 1 is 0.970 bits per heavy atom. The van der Waals surface area contributed by atoms with Crippen molar-refractivity contribution in [2.45, 2.75) is 13.5 Å². The van der Waals surface area contributed by atoms with E-state index in [-0.39, 0.29) is 24.2 Å². The van der Waals surface area contributed by atoms with Crippen molar-refractivity contribution >= 4 is 34.9 Å². The molecule has 1 aliphatic rings. The van der Waals surface area contributed by atoms with Crippen molar-refractivity contribution in [2.24, 2.45) is 0 Å². The number of hydrogen-bond donors (Lipinski definition) is 0. The molecule has 0 radical (unpaired) electrons. The number of carbonyl (C=O) groups is 2. The highest BCUT2D eigenvalue weighted by Gasteiger charge is 2.21. The molecule has 0 aliphatic carbocycles. The monoisotopic (exact) mass is 466 g/mol. The van der Waals surface area contributed by atoms with Crippen LogP contribution in [0.5, 0.6) is 0 Å². The van der Waals surface area contributed by atoms with Crippen molar-refractivity contribution in [2.75, 3.05) is 36.0 Å². The van der Waals surface area contributed by atoms with Crippen molar-refractivity contribution in [1.82, 2.24) is 9.88 Å². The van der Waals surface area contributed by atoms with Gasteiger partial charge in [0.05, 0.1) is 6.54 Å². The van der Waals surface area contributed by atoms with Crippen LogP contribution in [0.2, 0.25) is 5.02 Å². The van der Waals surface area contributed by atoms with Crippen LogP contribution in [-0.2, 0) is 11.3 Å². The van der Waals surface area contributed by atoms with Gasteiger partial charge in [-0.3, -0.25) is 9.59 Å². The highest BCUT2D eigenvalue weighted by Crippen LogP contribution is 2.23. The number of aromatic nitrogens is 1. The molecule has 1 aliphatic heterocycles. The molecule has 0 N–H and O–H groups in total. The van der Waals surface area contributed by atoms with Gasteiger partial charge in [0, 0.05) is 55.6 Å². The molecule has 0 spiro atoms. The first kappa shape index (κ1) is 22.7. The zero-order valence-corrected chi connectivity index (χ0v) is 19.0. The molecule has 2 amide bonds. The quantitative estimate of drug-likeness (QED) is 0.559. The third-order valence-electron chi connectivity index (χ3n) is 5.67. The molecule has 8 heteroatoms. The number of anilines is 2. The van der Waals surface area contributed by atoms with Gasteiger partial charge in [-0.15, -0.1) is 0 Å². The van der Waals surface area contributed by atoms with Crippen LogP contribution in [0.4, 0.5) is 15.9 Å². The van der Waals surface area contributed by atoms with Gasteiger partial charge in [0.15, 0.2) is 0 Å². The number of amides is 2. The molecule has 0 saturated carbocycles. The van der Waals surface area contributed by atoms with Crippen LogP contribution >= 0.6 is 11.6 Å². The standard InChI is InChI=1S/C25H24ClFN4O2/c1-18(32)29-12-14-30(15-13-29)24-11-2-19(16-28-24)17-31(23-9-7-22(27)8-10-23)25(33)20-3-5-21(26)6-4-20/h2-11,16H,12-15,17H2,1H3. The lowest BCUT2D eigenvalue weighted by Crippen LogP contribution is -2.48.